The maximum Gasteiger partial charge on any atom is 0.573 e. The van der Waals surface area contributed by atoms with Gasteiger partial charge in [0.1, 0.15) is 5.75 Å². The van der Waals surface area contributed by atoms with E-state index < -0.39 is 22.1 Å². The average molecular weight is 462 g/mol. The number of ether oxygens (including phenoxy) is 1. The predicted octanol–water partition coefficient (Wildman–Crippen LogP) is 1.51. The van der Waals surface area contributed by atoms with Gasteiger partial charge in [-0.15, -0.1) is 13.2 Å². The molecular weight excluding hydrogens is 441 g/mol. The SMILES string of the molecule is CN=C(N)N[C@@H]1CCCN(S(=O)(=O)c2ccc(OC(F)(F)F)cc2-c2cnc(N)o2)C1. The molecule has 0 spiro atoms. The Morgan fingerprint density at radius 2 is 2.16 bits per heavy atom. The molecule has 2 aromatic rings. The van der Waals surface area contributed by atoms with Crippen molar-refractivity contribution in [3.05, 3.63) is 24.4 Å². The Labute approximate surface area is 176 Å². The molecule has 1 saturated heterocycles. The fourth-order valence-electron chi connectivity index (χ4n) is 3.23. The van der Waals surface area contributed by atoms with Crippen LogP contribution in [0.15, 0.2) is 38.7 Å². The molecule has 0 unspecified atom stereocenters. The van der Waals surface area contributed by atoms with Crippen molar-refractivity contribution in [3.8, 4) is 17.1 Å². The van der Waals surface area contributed by atoms with E-state index in [9.17, 15) is 21.6 Å². The first-order valence-corrected chi connectivity index (χ1v) is 10.5. The van der Waals surface area contributed by atoms with Gasteiger partial charge in [-0.25, -0.2) is 13.4 Å². The third-order valence-corrected chi connectivity index (χ3v) is 6.49. The number of hydrogen-bond donors (Lipinski definition) is 3. The van der Waals surface area contributed by atoms with Gasteiger partial charge in [0, 0.05) is 31.7 Å². The van der Waals surface area contributed by atoms with Gasteiger partial charge in [0.05, 0.1) is 11.1 Å². The van der Waals surface area contributed by atoms with E-state index in [-0.39, 0.29) is 47.3 Å². The third-order valence-electron chi connectivity index (χ3n) is 4.57. The second-order valence-electron chi connectivity index (χ2n) is 6.72. The second-order valence-corrected chi connectivity index (χ2v) is 8.63. The highest BCUT2D eigenvalue weighted by atomic mass is 32.2. The minimum Gasteiger partial charge on any atom is -0.424 e. The Morgan fingerprint density at radius 3 is 2.77 bits per heavy atom. The summed E-state index contributed by atoms with van der Waals surface area (Å²) in [6.07, 6.45) is -2.61. The maximum atomic E-state index is 13.4. The van der Waals surface area contributed by atoms with Gasteiger partial charge in [0.25, 0.3) is 6.01 Å². The number of nitrogens with one attached hydrogen (secondary N) is 1. The molecule has 5 N–H and O–H groups in total. The lowest BCUT2D eigenvalue weighted by atomic mass is 10.1. The average Bonchev–Trinajstić information content (AvgIpc) is 3.13. The lowest BCUT2D eigenvalue weighted by Gasteiger charge is -2.33. The van der Waals surface area contributed by atoms with Gasteiger partial charge in [0.2, 0.25) is 10.0 Å². The molecule has 1 fully saturated rings. The van der Waals surface area contributed by atoms with Crippen LogP contribution < -0.4 is 21.5 Å². The van der Waals surface area contributed by atoms with E-state index in [0.29, 0.717) is 12.8 Å². The number of aromatic nitrogens is 1. The van der Waals surface area contributed by atoms with Crippen molar-refractivity contribution in [3.63, 3.8) is 0 Å². The van der Waals surface area contributed by atoms with Crippen LogP contribution in [0.1, 0.15) is 12.8 Å². The summed E-state index contributed by atoms with van der Waals surface area (Å²) in [6.45, 7) is 0.319. The number of aliphatic imine (C=N–C) groups is 1. The van der Waals surface area contributed by atoms with E-state index in [0.717, 1.165) is 24.4 Å². The molecule has 0 saturated carbocycles. The summed E-state index contributed by atoms with van der Waals surface area (Å²) in [5.74, 6) is -0.546. The molecule has 0 radical (unpaired) electrons. The molecule has 1 atom stereocenters. The van der Waals surface area contributed by atoms with Gasteiger partial charge in [-0.1, -0.05) is 0 Å². The van der Waals surface area contributed by atoms with E-state index in [4.69, 9.17) is 15.9 Å². The molecule has 1 aliphatic heterocycles. The number of benzene rings is 1. The summed E-state index contributed by atoms with van der Waals surface area (Å²) >= 11 is 0. The number of guanidine groups is 1. The molecule has 10 nitrogen and oxygen atoms in total. The van der Waals surface area contributed by atoms with Crippen LogP contribution in [0.3, 0.4) is 0 Å². The number of alkyl halides is 3. The molecule has 2 heterocycles. The first kappa shape index (κ1) is 22.7. The predicted molar refractivity (Wildman–Crippen MR) is 105 cm³/mol. The summed E-state index contributed by atoms with van der Waals surface area (Å²) in [4.78, 5) is 7.22. The molecule has 0 bridgehead atoms. The number of sulfonamides is 1. The van der Waals surface area contributed by atoms with Gasteiger partial charge < -0.3 is 25.9 Å². The van der Waals surface area contributed by atoms with Gasteiger partial charge in [-0.3, -0.25) is 4.99 Å². The van der Waals surface area contributed by atoms with Crippen LogP contribution >= 0.6 is 0 Å². The summed E-state index contributed by atoms with van der Waals surface area (Å²) < 4.78 is 75.0. The third kappa shape index (κ3) is 5.38. The molecule has 14 heteroatoms. The number of oxazole rings is 1. The highest BCUT2D eigenvalue weighted by Gasteiger charge is 2.35. The monoisotopic (exact) mass is 462 g/mol. The van der Waals surface area contributed by atoms with Crippen LogP contribution in [0, 0.1) is 0 Å². The Bertz CT molecular complexity index is 1070. The topological polar surface area (TPSA) is 149 Å². The van der Waals surface area contributed by atoms with E-state index in [1.165, 1.54) is 11.4 Å². The van der Waals surface area contributed by atoms with E-state index in [2.05, 4.69) is 20.0 Å². The second kappa shape index (κ2) is 8.63. The zero-order chi connectivity index (χ0) is 22.8. The highest BCUT2D eigenvalue weighted by Crippen LogP contribution is 2.36. The fourth-order valence-corrected chi connectivity index (χ4v) is 4.93. The number of piperidine rings is 1. The Kier molecular flexibility index (Phi) is 6.31. The number of hydrogen-bond acceptors (Lipinski definition) is 7. The summed E-state index contributed by atoms with van der Waals surface area (Å²) in [5, 5.41) is 2.94. The maximum absolute atomic E-state index is 13.4. The van der Waals surface area contributed by atoms with E-state index in [1.54, 1.807) is 0 Å². The van der Waals surface area contributed by atoms with Crippen LogP contribution in [0.5, 0.6) is 5.75 Å². The fraction of sp³-hybridized carbons (Fsp3) is 0.412. The molecular formula is C17H21F3N6O4S. The van der Waals surface area contributed by atoms with Gasteiger partial charge in [-0.05, 0) is 31.0 Å². The Balaban J connectivity index is 1.99. The number of nitrogens with two attached hydrogens (primary N) is 2. The molecule has 0 aliphatic carbocycles. The number of rotatable bonds is 5. The molecule has 0 amide bonds. The number of anilines is 1. The Hall–Kier alpha value is -3.00. The van der Waals surface area contributed by atoms with E-state index in [1.807, 2.05) is 0 Å². The summed E-state index contributed by atoms with van der Waals surface area (Å²) in [6, 6.07) is 2.33. The van der Waals surface area contributed by atoms with Crippen molar-refractivity contribution < 1.29 is 30.7 Å². The first-order valence-electron chi connectivity index (χ1n) is 9.10. The van der Waals surface area contributed by atoms with Crippen LogP contribution in [-0.2, 0) is 10.0 Å². The van der Waals surface area contributed by atoms with Crippen molar-refractivity contribution in [1.29, 1.82) is 0 Å². The van der Waals surface area contributed by atoms with Crippen molar-refractivity contribution >= 4 is 22.0 Å². The highest BCUT2D eigenvalue weighted by molar-refractivity contribution is 7.89. The minimum absolute atomic E-state index is 0.0946. The number of halogens is 3. The zero-order valence-electron chi connectivity index (χ0n) is 16.4. The van der Waals surface area contributed by atoms with Crippen molar-refractivity contribution in [2.45, 2.75) is 30.1 Å². The minimum atomic E-state index is -4.95. The molecule has 170 valence electrons. The van der Waals surface area contributed by atoms with Crippen LogP contribution in [0.4, 0.5) is 19.2 Å². The number of nitrogens with zero attached hydrogens (tertiary/aromatic N) is 3. The zero-order valence-corrected chi connectivity index (χ0v) is 17.2. The quantitative estimate of drug-likeness (QED) is 0.447. The lowest BCUT2D eigenvalue weighted by Crippen LogP contribution is -2.51. The van der Waals surface area contributed by atoms with E-state index >= 15 is 0 Å². The molecule has 1 aromatic carbocycles. The van der Waals surface area contributed by atoms with Crippen molar-refractivity contribution in [2.24, 2.45) is 10.7 Å². The standard InChI is InChI=1S/C17H21F3N6O4S/c1-23-15(21)25-10-3-2-6-26(9-10)31(27,28)14-5-4-11(30-17(18,19)20)7-12(14)13-8-24-16(22)29-13/h4-5,7-8,10H,2-3,6,9H2,1H3,(H2,22,24)(H3,21,23,25)/t10-/m1/s1. The van der Waals surface area contributed by atoms with Crippen molar-refractivity contribution in [1.82, 2.24) is 14.6 Å². The van der Waals surface area contributed by atoms with Gasteiger partial charge in [0.15, 0.2) is 11.7 Å². The van der Waals surface area contributed by atoms with Gasteiger partial charge in [-0.2, -0.15) is 4.31 Å². The van der Waals surface area contributed by atoms with Crippen LogP contribution in [-0.4, -0.2) is 56.2 Å². The summed E-state index contributed by atoms with van der Waals surface area (Å²) in [7, 11) is -2.62. The Morgan fingerprint density at radius 1 is 1.42 bits per heavy atom. The molecule has 1 aliphatic rings. The van der Waals surface area contributed by atoms with Crippen LogP contribution in [0.2, 0.25) is 0 Å². The lowest BCUT2D eigenvalue weighted by molar-refractivity contribution is -0.274. The number of nitrogen functional groups attached to an aromatic ring is 1. The van der Waals surface area contributed by atoms with Crippen LogP contribution in [0.25, 0.3) is 11.3 Å². The van der Waals surface area contributed by atoms with Gasteiger partial charge >= 0.3 is 6.36 Å². The molecule has 31 heavy (non-hydrogen) atoms. The summed E-state index contributed by atoms with van der Waals surface area (Å²) in [5.41, 5.74) is 11.0. The van der Waals surface area contributed by atoms with Crippen molar-refractivity contribution in [2.75, 3.05) is 25.9 Å². The first-order chi connectivity index (χ1) is 14.5. The normalized spacial score (nSPS) is 18.7. The largest absolute Gasteiger partial charge is 0.573 e. The molecule has 3 rings (SSSR count). The smallest absolute Gasteiger partial charge is 0.424 e. The molecule has 1 aromatic heterocycles.